The van der Waals surface area contributed by atoms with E-state index < -0.39 is 0 Å². The van der Waals surface area contributed by atoms with E-state index in [4.69, 9.17) is 6.42 Å². The fraction of sp³-hybridized carbons (Fsp3) is 0.471. The number of piperidine rings is 1. The van der Waals surface area contributed by atoms with Gasteiger partial charge in [-0.05, 0) is 31.5 Å². The predicted octanol–water partition coefficient (Wildman–Crippen LogP) is 1.79. The maximum Gasteiger partial charge on any atom is 0.230 e. The maximum atomic E-state index is 12.8. The minimum atomic E-state index is -0.386. The molecule has 0 bridgehead atoms. The van der Waals surface area contributed by atoms with Gasteiger partial charge in [0.25, 0.3) is 0 Å². The zero-order chi connectivity index (χ0) is 15.0. The molecular formula is C17H22N2OS. The second-order valence-electron chi connectivity index (χ2n) is 5.21. The Bertz CT molecular complexity index is 489. The molecule has 3 nitrogen and oxygen atoms in total. The third-order valence-electron chi connectivity index (χ3n) is 3.94. The number of carbonyl (C=O) groups excluding carboxylic acids is 1. The Morgan fingerprint density at radius 1 is 1.33 bits per heavy atom. The van der Waals surface area contributed by atoms with Gasteiger partial charge in [0, 0.05) is 12.3 Å². The van der Waals surface area contributed by atoms with E-state index in [0.29, 0.717) is 12.3 Å². The summed E-state index contributed by atoms with van der Waals surface area (Å²) in [5.41, 5.74) is 0.740. The van der Waals surface area contributed by atoms with Gasteiger partial charge in [0.05, 0.1) is 11.2 Å². The molecule has 0 atom stereocenters. The SMILES string of the molecule is C#CCSCCNC(=O)C1(c2ccccc2)CCNCC1. The number of terminal acetylenes is 1. The van der Waals surface area contributed by atoms with Crippen molar-refractivity contribution in [2.75, 3.05) is 31.1 Å². The molecule has 4 heteroatoms. The van der Waals surface area contributed by atoms with Gasteiger partial charge < -0.3 is 10.6 Å². The van der Waals surface area contributed by atoms with Crippen LogP contribution >= 0.6 is 11.8 Å². The van der Waals surface area contributed by atoms with Gasteiger partial charge in [0.15, 0.2) is 0 Å². The van der Waals surface area contributed by atoms with E-state index in [-0.39, 0.29) is 11.3 Å². The minimum Gasteiger partial charge on any atom is -0.354 e. The molecule has 0 saturated carbocycles. The van der Waals surface area contributed by atoms with E-state index >= 15 is 0 Å². The van der Waals surface area contributed by atoms with Crippen molar-refractivity contribution in [3.05, 3.63) is 35.9 Å². The second kappa shape index (κ2) is 8.11. The third-order valence-corrected chi connectivity index (χ3v) is 4.80. The van der Waals surface area contributed by atoms with Crippen molar-refractivity contribution in [2.45, 2.75) is 18.3 Å². The number of rotatable bonds is 6. The summed E-state index contributed by atoms with van der Waals surface area (Å²) in [6.07, 6.45) is 6.91. The zero-order valence-electron chi connectivity index (χ0n) is 12.2. The first-order valence-corrected chi connectivity index (χ1v) is 8.51. The van der Waals surface area contributed by atoms with E-state index in [1.54, 1.807) is 11.8 Å². The quantitative estimate of drug-likeness (QED) is 0.622. The van der Waals surface area contributed by atoms with E-state index in [2.05, 4.69) is 28.7 Å². The van der Waals surface area contributed by atoms with Crippen LogP contribution in [0.4, 0.5) is 0 Å². The van der Waals surface area contributed by atoms with Crippen molar-refractivity contribution < 1.29 is 4.79 Å². The summed E-state index contributed by atoms with van der Waals surface area (Å²) in [5, 5.41) is 6.44. The largest absolute Gasteiger partial charge is 0.354 e. The van der Waals surface area contributed by atoms with Crippen LogP contribution in [-0.2, 0) is 10.2 Å². The summed E-state index contributed by atoms with van der Waals surface area (Å²) in [5.74, 6) is 4.30. The number of hydrogen-bond donors (Lipinski definition) is 2. The fourth-order valence-corrected chi connectivity index (χ4v) is 3.30. The van der Waals surface area contributed by atoms with Crippen LogP contribution in [0.2, 0.25) is 0 Å². The molecule has 0 aromatic heterocycles. The van der Waals surface area contributed by atoms with Gasteiger partial charge in [0.1, 0.15) is 0 Å². The summed E-state index contributed by atoms with van der Waals surface area (Å²) >= 11 is 1.67. The predicted molar refractivity (Wildman–Crippen MR) is 89.4 cm³/mol. The highest BCUT2D eigenvalue weighted by Crippen LogP contribution is 2.33. The molecule has 1 amide bonds. The molecule has 0 unspecified atom stereocenters. The highest BCUT2D eigenvalue weighted by molar-refractivity contribution is 7.99. The first-order valence-electron chi connectivity index (χ1n) is 7.35. The van der Waals surface area contributed by atoms with E-state index in [1.165, 1.54) is 0 Å². The Kier molecular flexibility index (Phi) is 6.16. The lowest BCUT2D eigenvalue weighted by molar-refractivity contribution is -0.127. The van der Waals surface area contributed by atoms with E-state index in [9.17, 15) is 4.79 Å². The molecule has 2 rings (SSSR count). The van der Waals surface area contributed by atoms with Crippen molar-refractivity contribution in [1.82, 2.24) is 10.6 Å². The first-order chi connectivity index (χ1) is 10.3. The van der Waals surface area contributed by atoms with Crippen molar-refractivity contribution in [2.24, 2.45) is 0 Å². The Labute approximate surface area is 131 Å². The minimum absolute atomic E-state index is 0.150. The molecular weight excluding hydrogens is 280 g/mol. The fourth-order valence-electron chi connectivity index (χ4n) is 2.79. The van der Waals surface area contributed by atoms with E-state index in [1.807, 2.05) is 18.2 Å². The molecule has 1 aliphatic heterocycles. The maximum absolute atomic E-state index is 12.8. The number of amides is 1. The molecule has 0 spiro atoms. The molecule has 1 saturated heterocycles. The number of thioether (sulfide) groups is 1. The van der Waals surface area contributed by atoms with Gasteiger partial charge in [-0.15, -0.1) is 18.2 Å². The summed E-state index contributed by atoms with van der Waals surface area (Å²) in [6.45, 7) is 2.44. The van der Waals surface area contributed by atoms with E-state index in [0.717, 1.165) is 37.2 Å². The van der Waals surface area contributed by atoms with Crippen LogP contribution in [0.5, 0.6) is 0 Å². The van der Waals surface area contributed by atoms with Crippen molar-refractivity contribution in [3.63, 3.8) is 0 Å². The standard InChI is InChI=1S/C17H22N2OS/c1-2-13-21-14-12-19-16(20)17(8-10-18-11-9-17)15-6-4-3-5-7-15/h1,3-7,18H,8-14H2,(H,19,20). The lowest BCUT2D eigenvalue weighted by Crippen LogP contribution is -2.51. The summed E-state index contributed by atoms with van der Waals surface area (Å²) < 4.78 is 0. The number of nitrogens with one attached hydrogen (secondary N) is 2. The average Bonchev–Trinajstić information content (AvgIpc) is 2.56. The Morgan fingerprint density at radius 3 is 2.71 bits per heavy atom. The van der Waals surface area contributed by atoms with Gasteiger partial charge in [-0.2, -0.15) is 0 Å². The van der Waals surface area contributed by atoms with Gasteiger partial charge in [-0.3, -0.25) is 4.79 Å². The Morgan fingerprint density at radius 2 is 2.05 bits per heavy atom. The second-order valence-corrected chi connectivity index (χ2v) is 6.32. The van der Waals surface area contributed by atoms with Gasteiger partial charge in [-0.25, -0.2) is 0 Å². The highest BCUT2D eigenvalue weighted by Gasteiger charge is 2.40. The lowest BCUT2D eigenvalue weighted by atomic mass is 9.72. The smallest absolute Gasteiger partial charge is 0.230 e. The third kappa shape index (κ3) is 4.03. The van der Waals surface area contributed by atoms with Gasteiger partial charge >= 0.3 is 0 Å². The van der Waals surface area contributed by atoms with Crippen LogP contribution in [0.3, 0.4) is 0 Å². The number of hydrogen-bond acceptors (Lipinski definition) is 3. The Balaban J connectivity index is 2.03. The van der Waals surface area contributed by atoms with Crippen LogP contribution in [0, 0.1) is 12.3 Å². The molecule has 0 radical (unpaired) electrons. The molecule has 21 heavy (non-hydrogen) atoms. The van der Waals surface area contributed by atoms with Crippen molar-refractivity contribution in [3.8, 4) is 12.3 Å². The molecule has 1 heterocycles. The van der Waals surface area contributed by atoms with Gasteiger partial charge in [0.2, 0.25) is 5.91 Å². The topological polar surface area (TPSA) is 41.1 Å². The lowest BCUT2D eigenvalue weighted by Gasteiger charge is -2.36. The van der Waals surface area contributed by atoms with Crippen LogP contribution in [0.25, 0.3) is 0 Å². The van der Waals surface area contributed by atoms with Crippen LogP contribution < -0.4 is 10.6 Å². The monoisotopic (exact) mass is 302 g/mol. The molecule has 112 valence electrons. The molecule has 1 aliphatic rings. The molecule has 2 N–H and O–H groups in total. The molecule has 1 aromatic carbocycles. The van der Waals surface area contributed by atoms with Crippen LogP contribution in [0.15, 0.2) is 30.3 Å². The summed E-state index contributed by atoms with van der Waals surface area (Å²) in [4.78, 5) is 12.8. The Hall–Kier alpha value is -1.44. The summed E-state index contributed by atoms with van der Waals surface area (Å²) in [6, 6.07) is 10.1. The van der Waals surface area contributed by atoms with Crippen LogP contribution in [-0.4, -0.2) is 37.0 Å². The first kappa shape index (κ1) is 15.9. The van der Waals surface area contributed by atoms with Crippen molar-refractivity contribution >= 4 is 17.7 Å². The summed E-state index contributed by atoms with van der Waals surface area (Å²) in [7, 11) is 0. The molecule has 1 aromatic rings. The highest BCUT2D eigenvalue weighted by atomic mass is 32.2. The van der Waals surface area contributed by atoms with Crippen LogP contribution in [0.1, 0.15) is 18.4 Å². The van der Waals surface area contributed by atoms with Crippen molar-refractivity contribution in [1.29, 1.82) is 0 Å². The zero-order valence-corrected chi connectivity index (χ0v) is 13.0. The van der Waals surface area contributed by atoms with Gasteiger partial charge in [-0.1, -0.05) is 36.3 Å². The number of benzene rings is 1. The molecule has 0 aliphatic carbocycles. The number of carbonyl (C=O) groups is 1. The molecule has 1 fully saturated rings. The average molecular weight is 302 g/mol. The normalized spacial score (nSPS) is 16.9.